The molecular formula is C63H113NO10. The van der Waals surface area contributed by atoms with Crippen LogP contribution >= 0.6 is 0 Å². The van der Waals surface area contributed by atoms with E-state index in [4.69, 9.17) is 14.2 Å². The van der Waals surface area contributed by atoms with E-state index in [1.807, 2.05) is 6.08 Å². The Hall–Kier alpha value is -2.64. The molecule has 1 heterocycles. The maximum Gasteiger partial charge on any atom is 0.306 e. The van der Waals surface area contributed by atoms with E-state index in [1.165, 1.54) is 122 Å². The third-order valence-electron chi connectivity index (χ3n) is 14.2. The number of hydrogen-bond acceptors (Lipinski definition) is 10. The van der Waals surface area contributed by atoms with Crippen molar-refractivity contribution in [3.63, 3.8) is 0 Å². The average molecular weight is 1040 g/mol. The summed E-state index contributed by atoms with van der Waals surface area (Å²) in [6.45, 7) is 5.74. The van der Waals surface area contributed by atoms with Crippen LogP contribution in [-0.2, 0) is 23.8 Å². The number of amides is 1. The zero-order chi connectivity index (χ0) is 54.0. The van der Waals surface area contributed by atoms with Crippen molar-refractivity contribution in [3.05, 3.63) is 60.8 Å². The quantitative estimate of drug-likeness (QED) is 0.0195. The molecule has 1 amide bonds. The Kier molecular flexibility index (Phi) is 47.9. The second kappa shape index (κ2) is 51.1. The summed E-state index contributed by atoms with van der Waals surface area (Å²) >= 11 is 0. The van der Waals surface area contributed by atoms with E-state index in [9.17, 15) is 35.1 Å². The van der Waals surface area contributed by atoms with Gasteiger partial charge in [0.15, 0.2) is 12.4 Å². The zero-order valence-electron chi connectivity index (χ0n) is 47.5. The predicted molar refractivity (Wildman–Crippen MR) is 306 cm³/mol. The predicted octanol–water partition coefficient (Wildman–Crippen LogP) is 14.2. The molecule has 8 atom stereocenters. The van der Waals surface area contributed by atoms with Gasteiger partial charge in [-0.15, -0.1) is 0 Å². The Morgan fingerprint density at radius 1 is 0.527 bits per heavy atom. The first-order chi connectivity index (χ1) is 36.2. The summed E-state index contributed by atoms with van der Waals surface area (Å²) in [7, 11) is 0. The van der Waals surface area contributed by atoms with Gasteiger partial charge < -0.3 is 45.1 Å². The first kappa shape index (κ1) is 69.4. The smallest absolute Gasteiger partial charge is 0.306 e. The lowest BCUT2D eigenvalue weighted by Gasteiger charge is -2.41. The number of ether oxygens (including phenoxy) is 3. The van der Waals surface area contributed by atoms with Crippen LogP contribution in [-0.4, -0.2) is 99.6 Å². The molecule has 1 saturated heterocycles. The van der Waals surface area contributed by atoms with Crippen LogP contribution in [0.25, 0.3) is 0 Å². The van der Waals surface area contributed by atoms with Crippen molar-refractivity contribution in [1.82, 2.24) is 5.32 Å². The molecule has 74 heavy (non-hydrogen) atoms. The lowest BCUT2D eigenvalue weighted by molar-refractivity contribution is -0.305. The van der Waals surface area contributed by atoms with Crippen LogP contribution in [0.15, 0.2) is 60.8 Å². The number of rotatable bonds is 51. The van der Waals surface area contributed by atoms with Crippen molar-refractivity contribution in [2.45, 2.75) is 314 Å². The molecule has 0 aromatic rings. The Morgan fingerprint density at radius 3 is 1.42 bits per heavy atom. The van der Waals surface area contributed by atoms with Crippen molar-refractivity contribution >= 4 is 11.9 Å². The van der Waals surface area contributed by atoms with Gasteiger partial charge in [0.2, 0.25) is 5.91 Å². The summed E-state index contributed by atoms with van der Waals surface area (Å²) in [5.74, 6) is -1.20. The van der Waals surface area contributed by atoms with Crippen molar-refractivity contribution in [3.8, 4) is 0 Å². The Balaban J connectivity index is 2.67. The summed E-state index contributed by atoms with van der Waals surface area (Å²) in [5.41, 5.74) is 0. The van der Waals surface area contributed by atoms with Crippen LogP contribution in [0.5, 0.6) is 0 Å². The fourth-order valence-electron chi connectivity index (χ4n) is 9.28. The molecule has 1 aliphatic heterocycles. The van der Waals surface area contributed by atoms with E-state index in [0.29, 0.717) is 12.8 Å². The number of carbonyl (C=O) groups excluding carboxylic acids is 2. The lowest BCUT2D eigenvalue weighted by Crippen LogP contribution is -2.61. The van der Waals surface area contributed by atoms with Gasteiger partial charge in [-0.1, -0.05) is 248 Å². The van der Waals surface area contributed by atoms with Crippen LogP contribution in [0, 0.1) is 0 Å². The van der Waals surface area contributed by atoms with Gasteiger partial charge in [-0.2, -0.15) is 0 Å². The maximum absolute atomic E-state index is 13.4. The van der Waals surface area contributed by atoms with E-state index < -0.39 is 67.4 Å². The summed E-state index contributed by atoms with van der Waals surface area (Å²) in [5, 5.41) is 56.9. The molecule has 1 aliphatic rings. The number of nitrogens with one attached hydrogen (secondary N) is 1. The molecule has 8 unspecified atom stereocenters. The summed E-state index contributed by atoms with van der Waals surface area (Å²) in [4.78, 5) is 26.5. The number of carbonyl (C=O) groups is 2. The molecule has 0 bridgehead atoms. The number of hydrogen-bond donors (Lipinski definition) is 6. The fraction of sp³-hybridized carbons (Fsp3) is 0.810. The lowest BCUT2D eigenvalue weighted by atomic mass is 9.99. The molecule has 1 rings (SSSR count). The third-order valence-corrected chi connectivity index (χ3v) is 14.2. The molecule has 11 heteroatoms. The van der Waals surface area contributed by atoms with E-state index >= 15 is 0 Å². The molecule has 6 N–H and O–H groups in total. The highest BCUT2D eigenvalue weighted by molar-refractivity contribution is 5.80. The van der Waals surface area contributed by atoms with Crippen molar-refractivity contribution in [1.29, 1.82) is 0 Å². The average Bonchev–Trinajstić information content (AvgIpc) is 3.40. The Morgan fingerprint density at radius 2 is 0.932 bits per heavy atom. The van der Waals surface area contributed by atoms with Crippen molar-refractivity contribution < 1.29 is 49.3 Å². The van der Waals surface area contributed by atoms with Crippen molar-refractivity contribution in [2.75, 3.05) is 13.2 Å². The largest absolute Gasteiger partial charge is 0.454 e. The van der Waals surface area contributed by atoms with Crippen LogP contribution in [0.4, 0.5) is 0 Å². The van der Waals surface area contributed by atoms with Gasteiger partial charge in [0.1, 0.15) is 24.4 Å². The number of allylic oxidation sites excluding steroid dienone is 9. The van der Waals surface area contributed by atoms with Gasteiger partial charge >= 0.3 is 5.97 Å². The number of aliphatic hydroxyl groups excluding tert-OH is 5. The first-order valence-electron chi connectivity index (χ1n) is 30.6. The van der Waals surface area contributed by atoms with Gasteiger partial charge in [0, 0.05) is 6.42 Å². The van der Waals surface area contributed by atoms with Crippen LogP contribution in [0.2, 0.25) is 0 Å². The molecule has 0 saturated carbocycles. The maximum atomic E-state index is 13.4. The monoisotopic (exact) mass is 1040 g/mol. The minimum absolute atomic E-state index is 0.123. The summed E-state index contributed by atoms with van der Waals surface area (Å²) < 4.78 is 17.6. The second-order valence-corrected chi connectivity index (χ2v) is 21.1. The zero-order valence-corrected chi connectivity index (χ0v) is 47.5. The highest BCUT2D eigenvalue weighted by Gasteiger charge is 2.47. The molecule has 0 aromatic carbocycles. The Bertz CT molecular complexity index is 1430. The van der Waals surface area contributed by atoms with Gasteiger partial charge in [-0.3, -0.25) is 9.59 Å². The SMILES string of the molecule is CCCCC/C=C\C/C=C\C/C=C\C/C=C\CCCCCCCCC(O)C(=O)NC(COC1OC(CO)C(O)C(O)C1OC(=O)CCCCCCCCCCCCC)C(O)/C=C/CCCCCCCCCCCC. The summed E-state index contributed by atoms with van der Waals surface area (Å²) in [6, 6.07) is -1.03. The topological polar surface area (TPSA) is 175 Å². The normalized spacial score (nSPS) is 19.7. The molecule has 11 nitrogen and oxygen atoms in total. The molecule has 0 aliphatic carbocycles. The van der Waals surface area contributed by atoms with Gasteiger partial charge in [-0.05, 0) is 70.6 Å². The molecule has 0 spiro atoms. The number of esters is 1. The molecular weight excluding hydrogens is 931 g/mol. The van der Waals surface area contributed by atoms with E-state index in [0.717, 1.165) is 96.3 Å². The minimum Gasteiger partial charge on any atom is -0.454 e. The van der Waals surface area contributed by atoms with Gasteiger partial charge in [0.25, 0.3) is 0 Å². The first-order valence-corrected chi connectivity index (χ1v) is 30.6. The second-order valence-electron chi connectivity index (χ2n) is 21.1. The number of aliphatic hydroxyl groups is 5. The third kappa shape index (κ3) is 38.8. The minimum atomic E-state index is -1.61. The Labute approximate surface area is 452 Å². The molecule has 1 fully saturated rings. The standard InChI is InChI=1S/C63H113NO10/c1-4-7-10-13-16-19-22-24-25-26-27-28-29-30-31-32-33-36-38-41-44-47-50-56(67)62(71)64-54(55(66)49-46-43-40-37-35-23-20-17-14-11-8-5-2)53-72-63-61(60(70)59(69)57(52-65)73-63)74-58(68)51-48-45-42-39-34-21-18-15-12-9-6-3/h16,19,24-25,27-28,30-31,46,49,54-57,59-61,63,65-67,69-70H,4-15,17-18,20-23,26,29,32-45,47-48,50-53H2,1-3H3,(H,64,71)/b19-16-,25-24-,28-27-,31-30-,49-46+. The van der Waals surface area contributed by atoms with E-state index in [2.05, 4.69) is 74.7 Å². The summed E-state index contributed by atoms with van der Waals surface area (Å²) in [6.07, 6.45) is 52.6. The van der Waals surface area contributed by atoms with E-state index in [-0.39, 0.29) is 19.4 Å². The molecule has 0 radical (unpaired) electrons. The number of unbranched alkanes of at least 4 members (excludes halogenated alkanes) is 29. The molecule has 0 aromatic heterocycles. The van der Waals surface area contributed by atoms with Gasteiger partial charge in [0.05, 0.1) is 25.4 Å². The van der Waals surface area contributed by atoms with Crippen LogP contribution < -0.4 is 5.32 Å². The fourth-order valence-corrected chi connectivity index (χ4v) is 9.28. The van der Waals surface area contributed by atoms with Crippen LogP contribution in [0.3, 0.4) is 0 Å². The highest BCUT2D eigenvalue weighted by Crippen LogP contribution is 2.26. The van der Waals surface area contributed by atoms with Gasteiger partial charge in [-0.25, -0.2) is 0 Å². The molecule has 430 valence electrons. The van der Waals surface area contributed by atoms with E-state index in [1.54, 1.807) is 6.08 Å². The highest BCUT2D eigenvalue weighted by atomic mass is 16.7. The van der Waals surface area contributed by atoms with Crippen molar-refractivity contribution in [2.24, 2.45) is 0 Å². The van der Waals surface area contributed by atoms with Crippen LogP contribution in [0.1, 0.15) is 265 Å².